The lowest BCUT2D eigenvalue weighted by Gasteiger charge is -1.95. The molecule has 0 atom stereocenters. The van der Waals surface area contributed by atoms with Crippen LogP contribution in [0.2, 0.25) is 0 Å². The van der Waals surface area contributed by atoms with E-state index < -0.39 is 0 Å². The Morgan fingerprint density at radius 3 is 2.86 bits per heavy atom. The summed E-state index contributed by atoms with van der Waals surface area (Å²) in [6.45, 7) is 0.254. The van der Waals surface area contributed by atoms with E-state index in [0.717, 1.165) is 16.7 Å². The molecular weight excluding hydrogens is 180 g/mol. The van der Waals surface area contributed by atoms with Crippen LogP contribution in [0.25, 0.3) is 10.9 Å². The summed E-state index contributed by atoms with van der Waals surface area (Å²) < 4.78 is 10.5. The average Bonchev–Trinajstić information content (AvgIpc) is 2.78. The third-order valence-corrected chi connectivity index (χ3v) is 2.30. The van der Waals surface area contributed by atoms with Crippen molar-refractivity contribution in [1.82, 2.24) is 4.98 Å². The summed E-state index contributed by atoms with van der Waals surface area (Å²) in [5, 5.41) is 9.70. The molecule has 68 valence electrons. The Morgan fingerprint density at radius 1 is 1.29 bits per heavy atom. The molecule has 0 fully saturated rings. The molecular formula is C10H6N2O2. The van der Waals surface area contributed by atoms with Crippen molar-refractivity contribution >= 4 is 10.9 Å². The van der Waals surface area contributed by atoms with Crippen molar-refractivity contribution in [3.63, 3.8) is 0 Å². The first-order valence-corrected chi connectivity index (χ1v) is 4.19. The predicted octanol–water partition coefficient (Wildman–Crippen LogP) is 1.77. The molecule has 0 unspecified atom stereocenters. The second kappa shape index (κ2) is 2.42. The van der Waals surface area contributed by atoms with E-state index in [1.165, 1.54) is 0 Å². The fraction of sp³-hybridized carbons (Fsp3) is 0.100. The zero-order valence-corrected chi connectivity index (χ0v) is 7.20. The van der Waals surface area contributed by atoms with Gasteiger partial charge in [0, 0.05) is 17.6 Å². The lowest BCUT2D eigenvalue weighted by molar-refractivity contribution is 0.174. The van der Waals surface area contributed by atoms with E-state index in [-0.39, 0.29) is 6.79 Å². The molecule has 0 spiro atoms. The Morgan fingerprint density at radius 2 is 2.07 bits per heavy atom. The molecule has 0 radical (unpaired) electrons. The highest BCUT2D eigenvalue weighted by molar-refractivity contribution is 5.88. The zero-order valence-electron chi connectivity index (χ0n) is 7.20. The van der Waals surface area contributed by atoms with Crippen molar-refractivity contribution < 1.29 is 9.47 Å². The maximum absolute atomic E-state index is 8.83. The van der Waals surface area contributed by atoms with Crippen LogP contribution in [0.3, 0.4) is 0 Å². The van der Waals surface area contributed by atoms with Crippen molar-refractivity contribution in [2.24, 2.45) is 0 Å². The van der Waals surface area contributed by atoms with Crippen molar-refractivity contribution in [1.29, 1.82) is 5.26 Å². The second-order valence-corrected chi connectivity index (χ2v) is 3.07. The number of ether oxygens (including phenoxy) is 2. The number of hydrogen-bond donors (Lipinski definition) is 1. The van der Waals surface area contributed by atoms with E-state index >= 15 is 0 Å². The summed E-state index contributed by atoms with van der Waals surface area (Å²) in [5.74, 6) is 1.43. The van der Waals surface area contributed by atoms with Crippen molar-refractivity contribution in [2.75, 3.05) is 6.79 Å². The topological polar surface area (TPSA) is 58.0 Å². The summed E-state index contributed by atoms with van der Waals surface area (Å²) >= 11 is 0. The maximum atomic E-state index is 8.83. The molecule has 0 saturated carbocycles. The van der Waals surface area contributed by atoms with Crippen LogP contribution < -0.4 is 9.47 Å². The minimum Gasteiger partial charge on any atom is -0.454 e. The van der Waals surface area contributed by atoms with Gasteiger partial charge in [-0.1, -0.05) is 0 Å². The van der Waals surface area contributed by atoms with Crippen LogP contribution in [0.5, 0.6) is 11.5 Å². The lowest BCUT2D eigenvalue weighted by Crippen LogP contribution is -1.92. The van der Waals surface area contributed by atoms with Crippen molar-refractivity contribution in [3.8, 4) is 17.6 Å². The van der Waals surface area contributed by atoms with Gasteiger partial charge in [0.25, 0.3) is 0 Å². The van der Waals surface area contributed by atoms with E-state index in [1.807, 2.05) is 12.1 Å². The Bertz CT molecular complexity index is 551. The van der Waals surface area contributed by atoms with Gasteiger partial charge in [-0.3, -0.25) is 0 Å². The van der Waals surface area contributed by atoms with E-state index in [4.69, 9.17) is 14.7 Å². The van der Waals surface area contributed by atoms with E-state index in [9.17, 15) is 0 Å². The van der Waals surface area contributed by atoms with Gasteiger partial charge < -0.3 is 14.5 Å². The van der Waals surface area contributed by atoms with Gasteiger partial charge in [-0.25, -0.2) is 0 Å². The van der Waals surface area contributed by atoms with Gasteiger partial charge in [0.2, 0.25) is 6.79 Å². The van der Waals surface area contributed by atoms with Gasteiger partial charge in [-0.2, -0.15) is 5.26 Å². The highest BCUT2D eigenvalue weighted by atomic mass is 16.7. The first-order valence-electron chi connectivity index (χ1n) is 4.19. The third kappa shape index (κ3) is 0.811. The monoisotopic (exact) mass is 186 g/mol. The summed E-state index contributed by atoms with van der Waals surface area (Å²) in [5.41, 5.74) is 1.52. The van der Waals surface area contributed by atoms with Crippen LogP contribution >= 0.6 is 0 Å². The zero-order chi connectivity index (χ0) is 9.54. The van der Waals surface area contributed by atoms with Gasteiger partial charge >= 0.3 is 0 Å². The molecule has 1 aromatic carbocycles. The molecule has 4 heteroatoms. The first kappa shape index (κ1) is 7.27. The molecule has 3 rings (SSSR count). The molecule has 1 aliphatic heterocycles. The predicted molar refractivity (Wildman–Crippen MR) is 49.1 cm³/mol. The number of rotatable bonds is 0. The van der Waals surface area contributed by atoms with Crippen LogP contribution in [0.15, 0.2) is 18.3 Å². The van der Waals surface area contributed by atoms with Crippen LogP contribution in [0.1, 0.15) is 5.56 Å². The first-order chi connectivity index (χ1) is 6.88. The molecule has 1 aliphatic rings. The van der Waals surface area contributed by atoms with E-state index in [1.54, 1.807) is 6.20 Å². The van der Waals surface area contributed by atoms with Crippen LogP contribution in [0, 0.1) is 11.3 Å². The summed E-state index contributed by atoms with van der Waals surface area (Å²) in [6, 6.07) is 5.79. The molecule has 1 N–H and O–H groups in total. The number of nitrogens with one attached hydrogen (secondary N) is 1. The number of H-pyrrole nitrogens is 1. The van der Waals surface area contributed by atoms with Gasteiger partial charge in [-0.15, -0.1) is 0 Å². The maximum Gasteiger partial charge on any atom is 0.231 e. The minimum absolute atomic E-state index is 0.254. The van der Waals surface area contributed by atoms with Crippen LogP contribution in [-0.4, -0.2) is 11.8 Å². The van der Waals surface area contributed by atoms with Gasteiger partial charge in [0.05, 0.1) is 11.1 Å². The quantitative estimate of drug-likeness (QED) is 0.682. The minimum atomic E-state index is 0.254. The van der Waals surface area contributed by atoms with Crippen molar-refractivity contribution in [2.45, 2.75) is 0 Å². The Labute approximate surface area is 79.7 Å². The largest absolute Gasteiger partial charge is 0.454 e. The molecule has 0 saturated heterocycles. The molecule has 0 aliphatic carbocycles. The molecule has 2 heterocycles. The summed E-state index contributed by atoms with van der Waals surface area (Å²) in [6.07, 6.45) is 1.68. The Hall–Kier alpha value is -2.15. The van der Waals surface area contributed by atoms with Crippen LogP contribution in [0.4, 0.5) is 0 Å². The van der Waals surface area contributed by atoms with E-state index in [2.05, 4.69) is 11.1 Å². The fourth-order valence-electron chi connectivity index (χ4n) is 1.60. The Kier molecular flexibility index (Phi) is 1.26. The lowest BCUT2D eigenvalue weighted by atomic mass is 10.2. The number of aromatic amines is 1. The summed E-state index contributed by atoms with van der Waals surface area (Å²) in [7, 11) is 0. The molecule has 0 amide bonds. The van der Waals surface area contributed by atoms with Crippen LogP contribution in [-0.2, 0) is 0 Å². The number of benzene rings is 1. The van der Waals surface area contributed by atoms with Gasteiger partial charge in [-0.05, 0) is 6.07 Å². The number of nitrogens with zero attached hydrogens (tertiary/aromatic N) is 1. The normalized spacial score (nSPS) is 13.1. The standard InChI is InChI=1S/C10H6N2O2/c11-3-6-4-12-8-2-10-9(1-7(6)8)13-5-14-10/h1-2,4,12H,5H2. The molecule has 0 bridgehead atoms. The summed E-state index contributed by atoms with van der Waals surface area (Å²) in [4.78, 5) is 3.01. The molecule has 1 aromatic heterocycles. The van der Waals surface area contributed by atoms with Gasteiger partial charge in [0.1, 0.15) is 6.07 Å². The average molecular weight is 186 g/mol. The number of aromatic nitrogens is 1. The molecule has 14 heavy (non-hydrogen) atoms. The highest BCUT2D eigenvalue weighted by Crippen LogP contribution is 2.36. The highest BCUT2D eigenvalue weighted by Gasteiger charge is 2.16. The van der Waals surface area contributed by atoms with E-state index in [0.29, 0.717) is 11.3 Å². The molecule has 4 nitrogen and oxygen atoms in total. The number of nitriles is 1. The SMILES string of the molecule is N#Cc1c[nH]c2cc3c(cc12)OCO3. The second-order valence-electron chi connectivity index (χ2n) is 3.07. The smallest absolute Gasteiger partial charge is 0.231 e. The van der Waals surface area contributed by atoms with Gasteiger partial charge in [0.15, 0.2) is 11.5 Å². The van der Waals surface area contributed by atoms with Crippen molar-refractivity contribution in [3.05, 3.63) is 23.9 Å². The third-order valence-electron chi connectivity index (χ3n) is 2.30. The fourth-order valence-corrected chi connectivity index (χ4v) is 1.60. The number of fused-ring (bicyclic) bond motifs is 2. The Balaban J connectivity index is 2.37. The number of hydrogen-bond acceptors (Lipinski definition) is 3. The molecule has 2 aromatic rings.